The van der Waals surface area contributed by atoms with Crippen LogP contribution in [0.15, 0.2) is 120 Å². The van der Waals surface area contributed by atoms with E-state index >= 15 is 0 Å². The molecule has 1 aromatic heterocycles. The summed E-state index contributed by atoms with van der Waals surface area (Å²) >= 11 is 0. The summed E-state index contributed by atoms with van der Waals surface area (Å²) in [6, 6.07) is 36.3. The van der Waals surface area contributed by atoms with Crippen molar-refractivity contribution in [2.24, 2.45) is 4.99 Å². The third-order valence-electron chi connectivity index (χ3n) is 12.7. The van der Waals surface area contributed by atoms with Crippen LogP contribution < -0.4 is 10.6 Å². The molecule has 0 bridgehead atoms. The predicted molar refractivity (Wildman–Crippen MR) is 242 cm³/mol. The van der Waals surface area contributed by atoms with E-state index in [1.807, 2.05) is 59.6 Å². The van der Waals surface area contributed by atoms with Gasteiger partial charge in [0, 0.05) is 25.6 Å². The van der Waals surface area contributed by atoms with Gasteiger partial charge in [-0.1, -0.05) is 123 Å². The van der Waals surface area contributed by atoms with Gasteiger partial charge < -0.3 is 30.2 Å². The van der Waals surface area contributed by atoms with Crippen LogP contribution in [-0.2, 0) is 20.7 Å². The molecule has 4 aromatic carbocycles. The Labute approximate surface area is 364 Å². The zero-order chi connectivity index (χ0) is 43.0. The molecule has 4 heterocycles. The Balaban J connectivity index is 0.878. The lowest BCUT2D eigenvalue weighted by molar-refractivity contribution is -0.137. The van der Waals surface area contributed by atoms with E-state index in [0.29, 0.717) is 19.5 Å². The highest BCUT2D eigenvalue weighted by Crippen LogP contribution is 2.34. The first kappa shape index (κ1) is 42.4. The molecular weight excluding hydrogens is 777 g/mol. The maximum Gasteiger partial charge on any atom is 0.407 e. The van der Waals surface area contributed by atoms with Gasteiger partial charge in [-0.25, -0.2) is 9.78 Å². The number of likely N-dealkylation sites (tertiary alicyclic amines) is 2. The van der Waals surface area contributed by atoms with Gasteiger partial charge in [0.15, 0.2) is 0 Å². The van der Waals surface area contributed by atoms with Crippen molar-refractivity contribution in [3.8, 4) is 22.4 Å². The van der Waals surface area contributed by atoms with Crippen molar-refractivity contribution in [2.75, 3.05) is 39.8 Å². The van der Waals surface area contributed by atoms with Crippen molar-refractivity contribution in [3.05, 3.63) is 138 Å². The summed E-state index contributed by atoms with van der Waals surface area (Å²) in [6.45, 7) is 7.86. The van der Waals surface area contributed by atoms with E-state index in [4.69, 9.17) is 14.7 Å². The van der Waals surface area contributed by atoms with Gasteiger partial charge >= 0.3 is 6.09 Å². The van der Waals surface area contributed by atoms with Crippen molar-refractivity contribution >= 4 is 23.7 Å². The second kappa shape index (κ2) is 19.6. The highest BCUT2D eigenvalue weighted by Gasteiger charge is 2.40. The first-order valence-corrected chi connectivity index (χ1v) is 22.2. The van der Waals surface area contributed by atoms with Crippen LogP contribution in [0.2, 0.25) is 0 Å². The molecule has 2 saturated heterocycles. The number of carbonyl (C=O) groups is 3. The summed E-state index contributed by atoms with van der Waals surface area (Å²) in [4.78, 5) is 59.6. The van der Waals surface area contributed by atoms with Crippen LogP contribution in [-0.4, -0.2) is 100 Å². The molecular formula is C50H58N8O4. The molecule has 12 nitrogen and oxygen atoms in total. The number of hydrogen-bond donors (Lipinski definition) is 3. The number of aliphatic imine (C=N–C) groups is 1. The highest BCUT2D eigenvalue weighted by atomic mass is 16.5. The molecule has 5 aromatic rings. The Bertz CT molecular complexity index is 2310. The van der Waals surface area contributed by atoms with Crippen molar-refractivity contribution < 1.29 is 19.1 Å². The van der Waals surface area contributed by atoms with Gasteiger partial charge in [-0.05, 0) is 78.6 Å². The van der Waals surface area contributed by atoms with Gasteiger partial charge in [0.25, 0.3) is 0 Å². The Morgan fingerprint density at radius 1 is 0.806 bits per heavy atom. The van der Waals surface area contributed by atoms with Crippen LogP contribution in [0.25, 0.3) is 22.4 Å². The van der Waals surface area contributed by atoms with E-state index in [0.717, 1.165) is 90.5 Å². The lowest BCUT2D eigenvalue weighted by atomic mass is 9.99. The van der Waals surface area contributed by atoms with Crippen LogP contribution in [0.5, 0.6) is 0 Å². The van der Waals surface area contributed by atoms with Crippen LogP contribution in [0.3, 0.4) is 0 Å². The first-order chi connectivity index (χ1) is 30.3. The van der Waals surface area contributed by atoms with Gasteiger partial charge in [0.05, 0.1) is 43.7 Å². The largest absolute Gasteiger partial charge is 0.453 e. The number of benzene rings is 4. The minimum atomic E-state index is -0.549. The summed E-state index contributed by atoms with van der Waals surface area (Å²) in [5.74, 6) is 1.82. The second-order valence-electron chi connectivity index (χ2n) is 16.5. The normalized spacial score (nSPS) is 19.5. The first-order valence-electron chi connectivity index (χ1n) is 22.2. The molecule has 0 saturated carbocycles. The quantitative estimate of drug-likeness (QED) is 0.0977. The van der Waals surface area contributed by atoms with Crippen LogP contribution in [0.1, 0.15) is 86.6 Å². The number of aromatic nitrogens is 2. The minimum absolute atomic E-state index is 0.0228. The van der Waals surface area contributed by atoms with Gasteiger partial charge in [-0.2, -0.15) is 0 Å². The molecule has 322 valence electrons. The number of methoxy groups -OCH3 is 1. The standard InChI is InChI=1S/C50H58N8O4/c1-4-56(5-2)46(39-16-10-7-11-17-39)49(60)58-29-13-19-44(58)48-52-33-42(55-48)38-26-22-36(23-27-38)35-20-24-37(25-21-35)41-32-51-47(54-41)43-18-12-28-57(43)45(59)31-40(53-50(61)62-3)30-34-14-8-6-9-15-34/h6-11,14-17,20-27,32,40,42-44,46H,4-5,12-13,18-19,28-31,33H2,1-3H3,(H,51,54)(H,52,55)(H,53,61)/t40-,42?,43-,44-,46+/m0/s1. The molecule has 0 aliphatic carbocycles. The van der Waals surface area contributed by atoms with E-state index in [1.165, 1.54) is 12.7 Å². The number of rotatable bonds is 15. The number of carbonyl (C=O) groups excluding carboxylic acids is 3. The van der Waals surface area contributed by atoms with Crippen molar-refractivity contribution in [2.45, 2.75) is 82.6 Å². The zero-order valence-corrected chi connectivity index (χ0v) is 36.0. The number of nitrogens with zero attached hydrogens (tertiary/aromatic N) is 5. The number of ether oxygens (including phenoxy) is 1. The summed E-state index contributed by atoms with van der Waals surface area (Å²) in [5, 5.41) is 6.56. The smallest absolute Gasteiger partial charge is 0.407 e. The van der Waals surface area contributed by atoms with E-state index in [1.54, 1.807) is 0 Å². The fourth-order valence-electron chi connectivity index (χ4n) is 9.43. The molecule has 1 unspecified atom stereocenters. The molecule has 0 radical (unpaired) electrons. The number of nitrogens with one attached hydrogen (secondary N) is 3. The van der Waals surface area contributed by atoms with E-state index in [9.17, 15) is 14.4 Å². The highest BCUT2D eigenvalue weighted by molar-refractivity contribution is 5.95. The fourth-order valence-corrected chi connectivity index (χ4v) is 9.43. The average Bonchev–Trinajstić information content (AvgIpc) is 4.16. The lowest BCUT2D eigenvalue weighted by Gasteiger charge is -2.35. The van der Waals surface area contributed by atoms with Crippen molar-refractivity contribution in [1.29, 1.82) is 0 Å². The monoisotopic (exact) mass is 834 g/mol. The zero-order valence-electron chi connectivity index (χ0n) is 36.0. The number of amidine groups is 1. The molecule has 3 N–H and O–H groups in total. The summed E-state index contributed by atoms with van der Waals surface area (Å²) in [6.07, 6.45) is 5.55. The summed E-state index contributed by atoms with van der Waals surface area (Å²) in [5.41, 5.74) is 7.37. The van der Waals surface area contributed by atoms with E-state index in [-0.39, 0.29) is 42.4 Å². The summed E-state index contributed by atoms with van der Waals surface area (Å²) < 4.78 is 4.86. The van der Waals surface area contributed by atoms with Crippen molar-refractivity contribution in [3.63, 3.8) is 0 Å². The van der Waals surface area contributed by atoms with Crippen molar-refractivity contribution in [1.82, 2.24) is 35.3 Å². The molecule has 0 spiro atoms. The van der Waals surface area contributed by atoms with Gasteiger partial charge in [-0.15, -0.1) is 0 Å². The van der Waals surface area contributed by atoms with Crippen LogP contribution >= 0.6 is 0 Å². The number of aromatic amines is 1. The maximum absolute atomic E-state index is 14.3. The molecule has 3 amide bonds. The Kier molecular flexibility index (Phi) is 13.4. The Hall–Kier alpha value is -6.27. The third-order valence-corrected chi connectivity index (χ3v) is 12.7. The fraction of sp³-hybridized carbons (Fsp3) is 0.380. The predicted octanol–water partition coefficient (Wildman–Crippen LogP) is 7.88. The molecule has 62 heavy (non-hydrogen) atoms. The number of H-pyrrole nitrogens is 1. The van der Waals surface area contributed by atoms with Crippen LogP contribution in [0, 0.1) is 0 Å². The number of hydrogen-bond acceptors (Lipinski definition) is 8. The molecule has 3 aliphatic rings. The number of likely N-dealkylation sites (N-methyl/N-ethyl adjacent to an activating group) is 1. The number of imidazole rings is 1. The molecule has 8 rings (SSSR count). The lowest BCUT2D eigenvalue weighted by Crippen LogP contribution is -2.49. The summed E-state index contributed by atoms with van der Waals surface area (Å²) in [7, 11) is 1.33. The number of amides is 3. The average molecular weight is 835 g/mol. The van der Waals surface area contributed by atoms with Crippen LogP contribution in [0.4, 0.5) is 4.79 Å². The Morgan fingerprint density at radius 2 is 1.44 bits per heavy atom. The topological polar surface area (TPSA) is 135 Å². The molecule has 12 heteroatoms. The minimum Gasteiger partial charge on any atom is -0.453 e. The van der Waals surface area contributed by atoms with E-state index < -0.39 is 12.1 Å². The van der Waals surface area contributed by atoms with Gasteiger partial charge in [0.1, 0.15) is 17.7 Å². The maximum atomic E-state index is 14.3. The number of alkyl carbamates (subject to hydrolysis) is 1. The Morgan fingerprint density at radius 3 is 2.11 bits per heavy atom. The van der Waals surface area contributed by atoms with Gasteiger partial charge in [-0.3, -0.25) is 19.5 Å². The molecule has 2 fully saturated rings. The molecule has 5 atom stereocenters. The van der Waals surface area contributed by atoms with Gasteiger partial charge in [0.2, 0.25) is 11.8 Å². The SMILES string of the molecule is CCN(CC)[C@@H](C(=O)N1CCC[C@H]1C1=NCC(c2ccc(-c3ccc(-c4cnc([C@@H]5CCCN5C(=O)C[C@H](Cc5ccccc5)NC(=O)OC)[nH]4)cc3)cc2)N1)c1ccccc1. The molecule has 3 aliphatic heterocycles. The second-order valence-corrected chi connectivity index (χ2v) is 16.5. The van der Waals surface area contributed by atoms with E-state index in [2.05, 4.69) is 99.9 Å². The third kappa shape index (κ3) is 9.45.